The van der Waals surface area contributed by atoms with Crippen molar-refractivity contribution in [1.29, 1.82) is 0 Å². The monoisotopic (exact) mass is 201 g/mol. The summed E-state index contributed by atoms with van der Waals surface area (Å²) in [4.78, 5) is 11.2. The van der Waals surface area contributed by atoms with Crippen LogP contribution in [0, 0.1) is 0 Å². The molecule has 78 valence electrons. The van der Waals surface area contributed by atoms with Gasteiger partial charge in [0.25, 0.3) is 0 Å². The van der Waals surface area contributed by atoms with Gasteiger partial charge in [-0.15, -0.1) is 0 Å². The molecule has 0 fully saturated rings. The number of rotatable bonds is 4. The Hall–Kier alpha value is -1.83. The summed E-state index contributed by atoms with van der Waals surface area (Å²) in [5.74, 6) is -0.395. The van der Waals surface area contributed by atoms with E-state index in [0.717, 1.165) is 5.56 Å². The average Bonchev–Trinajstić information content (AvgIpc) is 2.26. The van der Waals surface area contributed by atoms with E-state index in [1.165, 1.54) is 0 Å². The highest BCUT2D eigenvalue weighted by molar-refractivity contribution is 5.93. The van der Waals surface area contributed by atoms with Gasteiger partial charge >= 0.3 is 0 Å². The Labute approximate surface area is 90.1 Å². The fourth-order valence-corrected chi connectivity index (χ4v) is 1.49. The summed E-state index contributed by atoms with van der Waals surface area (Å²) in [5.41, 5.74) is 6.96. The molecule has 2 heteroatoms. The third-order valence-corrected chi connectivity index (χ3v) is 2.35. The van der Waals surface area contributed by atoms with E-state index in [0.29, 0.717) is 5.57 Å². The SMILES string of the molecule is C=CC=C(C(N)=O)[C@@H](C)c1ccccc1. The van der Waals surface area contributed by atoms with Gasteiger partial charge in [-0.3, -0.25) is 4.79 Å². The fraction of sp³-hybridized carbons (Fsp3) is 0.154. The Morgan fingerprint density at radius 2 is 2.00 bits per heavy atom. The van der Waals surface area contributed by atoms with Crippen molar-refractivity contribution >= 4 is 5.91 Å². The summed E-state index contributed by atoms with van der Waals surface area (Å²) in [6.45, 7) is 5.53. The standard InChI is InChI=1S/C13H15NO/c1-3-7-12(13(14)15)10(2)11-8-5-4-6-9-11/h3-10H,1H2,2H3,(H2,14,15)/t10-/m0/s1. The second-order valence-electron chi connectivity index (χ2n) is 3.35. The molecule has 15 heavy (non-hydrogen) atoms. The normalized spacial score (nSPS) is 13.3. The number of allylic oxidation sites excluding steroid dienone is 2. The smallest absolute Gasteiger partial charge is 0.245 e. The van der Waals surface area contributed by atoms with Crippen LogP contribution in [0.5, 0.6) is 0 Å². The van der Waals surface area contributed by atoms with Crippen LogP contribution in [0.15, 0.2) is 54.6 Å². The molecule has 0 saturated carbocycles. The van der Waals surface area contributed by atoms with Crippen molar-refractivity contribution in [3.63, 3.8) is 0 Å². The minimum Gasteiger partial charge on any atom is -0.366 e. The van der Waals surface area contributed by atoms with Crippen molar-refractivity contribution in [1.82, 2.24) is 0 Å². The Balaban J connectivity index is 3.01. The summed E-state index contributed by atoms with van der Waals surface area (Å²) in [5, 5.41) is 0. The summed E-state index contributed by atoms with van der Waals surface area (Å²) < 4.78 is 0. The van der Waals surface area contributed by atoms with Crippen molar-refractivity contribution in [3.05, 3.63) is 60.2 Å². The zero-order chi connectivity index (χ0) is 11.3. The third-order valence-electron chi connectivity index (χ3n) is 2.35. The third kappa shape index (κ3) is 2.81. The van der Waals surface area contributed by atoms with E-state index in [1.807, 2.05) is 37.3 Å². The molecule has 1 atom stereocenters. The van der Waals surface area contributed by atoms with E-state index in [4.69, 9.17) is 5.73 Å². The molecular weight excluding hydrogens is 186 g/mol. The van der Waals surface area contributed by atoms with Crippen molar-refractivity contribution in [2.45, 2.75) is 12.8 Å². The molecule has 1 aromatic rings. The highest BCUT2D eigenvalue weighted by Crippen LogP contribution is 2.23. The number of carbonyl (C=O) groups excluding carboxylic acids is 1. The predicted molar refractivity (Wildman–Crippen MR) is 62.3 cm³/mol. The second kappa shape index (κ2) is 5.15. The van der Waals surface area contributed by atoms with Gasteiger partial charge in [0.1, 0.15) is 0 Å². The van der Waals surface area contributed by atoms with Gasteiger partial charge in [0.2, 0.25) is 5.91 Å². The molecule has 0 aromatic heterocycles. The number of nitrogens with two attached hydrogens (primary N) is 1. The summed E-state index contributed by atoms with van der Waals surface area (Å²) in [7, 11) is 0. The molecule has 0 aliphatic carbocycles. The van der Waals surface area contributed by atoms with Gasteiger partial charge in [-0.05, 0) is 5.56 Å². The largest absolute Gasteiger partial charge is 0.366 e. The Bertz CT molecular complexity index is 379. The van der Waals surface area contributed by atoms with E-state index in [-0.39, 0.29) is 5.92 Å². The quantitative estimate of drug-likeness (QED) is 0.590. The molecule has 0 radical (unpaired) electrons. The molecule has 1 amide bonds. The molecule has 0 aliphatic rings. The predicted octanol–water partition coefficient (Wildman–Crippen LogP) is 2.39. The van der Waals surface area contributed by atoms with Gasteiger partial charge in [0, 0.05) is 11.5 Å². The van der Waals surface area contributed by atoms with E-state index >= 15 is 0 Å². The summed E-state index contributed by atoms with van der Waals surface area (Å²) in [6, 6.07) is 9.78. The maximum absolute atomic E-state index is 11.2. The van der Waals surface area contributed by atoms with Crippen molar-refractivity contribution in [2.24, 2.45) is 5.73 Å². The number of hydrogen-bond donors (Lipinski definition) is 1. The van der Waals surface area contributed by atoms with Gasteiger partial charge < -0.3 is 5.73 Å². The fourth-order valence-electron chi connectivity index (χ4n) is 1.49. The van der Waals surface area contributed by atoms with E-state index in [2.05, 4.69) is 6.58 Å². The van der Waals surface area contributed by atoms with Crippen LogP contribution in [-0.4, -0.2) is 5.91 Å². The van der Waals surface area contributed by atoms with Crippen LogP contribution < -0.4 is 5.73 Å². The molecule has 2 nitrogen and oxygen atoms in total. The van der Waals surface area contributed by atoms with Crippen LogP contribution >= 0.6 is 0 Å². The first kappa shape index (κ1) is 11.2. The lowest BCUT2D eigenvalue weighted by Gasteiger charge is -2.12. The topological polar surface area (TPSA) is 43.1 Å². The van der Waals surface area contributed by atoms with Crippen molar-refractivity contribution in [2.75, 3.05) is 0 Å². The van der Waals surface area contributed by atoms with Gasteiger partial charge in [-0.1, -0.05) is 56.0 Å². The maximum Gasteiger partial charge on any atom is 0.245 e. The van der Waals surface area contributed by atoms with E-state index in [9.17, 15) is 4.79 Å². The first-order valence-corrected chi connectivity index (χ1v) is 4.84. The van der Waals surface area contributed by atoms with Gasteiger partial charge in [0.15, 0.2) is 0 Å². The number of primary amides is 1. The van der Waals surface area contributed by atoms with Crippen LogP contribution in [0.1, 0.15) is 18.4 Å². The lowest BCUT2D eigenvalue weighted by molar-refractivity contribution is -0.114. The van der Waals surface area contributed by atoms with E-state index < -0.39 is 5.91 Å². The van der Waals surface area contributed by atoms with Gasteiger partial charge in [-0.25, -0.2) is 0 Å². The van der Waals surface area contributed by atoms with Crippen molar-refractivity contribution in [3.8, 4) is 0 Å². The highest BCUT2D eigenvalue weighted by atomic mass is 16.1. The molecule has 1 aromatic carbocycles. The molecular formula is C13H15NO. The zero-order valence-electron chi connectivity index (χ0n) is 8.81. The Kier molecular flexibility index (Phi) is 3.86. The lowest BCUT2D eigenvalue weighted by Crippen LogP contribution is -2.18. The molecule has 2 N–H and O–H groups in total. The Morgan fingerprint density at radius 3 is 2.47 bits per heavy atom. The van der Waals surface area contributed by atoms with Crippen molar-refractivity contribution < 1.29 is 4.79 Å². The molecule has 0 spiro atoms. The molecule has 0 unspecified atom stereocenters. The highest BCUT2D eigenvalue weighted by Gasteiger charge is 2.14. The van der Waals surface area contributed by atoms with E-state index in [1.54, 1.807) is 12.2 Å². The van der Waals surface area contributed by atoms with Gasteiger partial charge in [-0.2, -0.15) is 0 Å². The lowest BCUT2D eigenvalue weighted by atomic mass is 9.92. The van der Waals surface area contributed by atoms with Crippen LogP contribution in [0.4, 0.5) is 0 Å². The molecule has 0 aliphatic heterocycles. The molecule has 0 heterocycles. The Morgan fingerprint density at radius 1 is 1.40 bits per heavy atom. The second-order valence-corrected chi connectivity index (χ2v) is 3.35. The minimum absolute atomic E-state index is 0.00157. The maximum atomic E-state index is 11.2. The number of hydrogen-bond acceptors (Lipinski definition) is 1. The minimum atomic E-state index is -0.397. The molecule has 1 rings (SSSR count). The van der Waals surface area contributed by atoms with Crippen LogP contribution in [-0.2, 0) is 4.79 Å². The number of amides is 1. The van der Waals surface area contributed by atoms with Crippen LogP contribution in [0.3, 0.4) is 0 Å². The van der Waals surface area contributed by atoms with Gasteiger partial charge in [0.05, 0.1) is 0 Å². The molecule has 0 saturated heterocycles. The zero-order valence-corrected chi connectivity index (χ0v) is 8.81. The summed E-state index contributed by atoms with van der Waals surface area (Å²) in [6.07, 6.45) is 3.25. The number of carbonyl (C=O) groups is 1. The first-order chi connectivity index (χ1) is 7.16. The van der Waals surface area contributed by atoms with Crippen LogP contribution in [0.2, 0.25) is 0 Å². The number of benzene rings is 1. The van der Waals surface area contributed by atoms with Crippen LogP contribution in [0.25, 0.3) is 0 Å². The average molecular weight is 201 g/mol. The molecule has 0 bridgehead atoms. The first-order valence-electron chi connectivity index (χ1n) is 4.84. The summed E-state index contributed by atoms with van der Waals surface area (Å²) >= 11 is 0.